The molecule has 0 atom stereocenters. The van der Waals surface area contributed by atoms with Gasteiger partial charge in [-0.3, -0.25) is 4.79 Å². The van der Waals surface area contributed by atoms with Gasteiger partial charge in [0.1, 0.15) is 11.6 Å². The molecule has 0 bridgehead atoms. The van der Waals surface area contributed by atoms with Crippen LogP contribution in [0.25, 0.3) is 17.2 Å². The Morgan fingerprint density at radius 2 is 1.52 bits per heavy atom. The first kappa shape index (κ1) is 22.6. The van der Waals surface area contributed by atoms with Crippen molar-refractivity contribution < 1.29 is 13.6 Å². The normalized spacial score (nSPS) is 11.9. The summed E-state index contributed by atoms with van der Waals surface area (Å²) >= 11 is 0. The highest BCUT2D eigenvalue weighted by atomic mass is 19.1. The van der Waals surface area contributed by atoms with Crippen LogP contribution in [0.3, 0.4) is 0 Å². The van der Waals surface area contributed by atoms with Crippen molar-refractivity contribution in [1.29, 1.82) is 0 Å². The van der Waals surface area contributed by atoms with Gasteiger partial charge in [0.05, 0.1) is 0 Å². The zero-order valence-corrected chi connectivity index (χ0v) is 18.2. The average Bonchev–Trinajstić information content (AvgIpc) is 2.64. The summed E-state index contributed by atoms with van der Waals surface area (Å²) in [7, 11) is 0. The summed E-state index contributed by atoms with van der Waals surface area (Å²) in [5, 5.41) is 6.03. The van der Waals surface area contributed by atoms with Gasteiger partial charge in [-0.25, -0.2) is 8.78 Å². The second-order valence-electron chi connectivity index (χ2n) is 8.00. The van der Waals surface area contributed by atoms with Gasteiger partial charge >= 0.3 is 0 Å². The number of anilines is 1. The monoisotopic (exact) mass is 400 g/mol. The third-order valence-corrected chi connectivity index (χ3v) is 4.66. The first-order valence-corrected chi connectivity index (χ1v) is 9.87. The molecule has 0 aliphatic rings. The Hall–Kier alpha value is -2.69. The molecule has 0 heterocycles. The molecule has 2 N–H and O–H groups in total. The Labute approximate surface area is 172 Å². The van der Waals surface area contributed by atoms with E-state index < -0.39 is 11.6 Å². The Morgan fingerprint density at radius 3 is 2.03 bits per heavy atom. The first-order chi connectivity index (χ1) is 13.5. The molecule has 0 saturated carbocycles. The van der Waals surface area contributed by atoms with Crippen LogP contribution in [-0.4, -0.2) is 18.0 Å². The van der Waals surface area contributed by atoms with Crippen LogP contribution >= 0.6 is 0 Å². The number of carbonyl (C=O) groups is 1. The number of hydrogen-bond donors (Lipinski definition) is 2. The van der Waals surface area contributed by atoms with Crippen LogP contribution < -0.4 is 10.6 Å². The van der Waals surface area contributed by atoms with Crippen molar-refractivity contribution in [3.63, 3.8) is 0 Å². The summed E-state index contributed by atoms with van der Waals surface area (Å²) in [5.41, 5.74) is 2.63. The van der Waals surface area contributed by atoms with Crippen LogP contribution in [0.15, 0.2) is 29.8 Å². The molecule has 156 valence electrons. The molecular weight excluding hydrogens is 370 g/mol. The number of rotatable bonds is 6. The Bertz CT molecular complexity index is 900. The van der Waals surface area contributed by atoms with Crippen molar-refractivity contribution in [1.82, 2.24) is 5.32 Å². The van der Waals surface area contributed by atoms with Gasteiger partial charge in [-0.15, -0.1) is 0 Å². The van der Waals surface area contributed by atoms with Gasteiger partial charge in [0, 0.05) is 34.5 Å². The van der Waals surface area contributed by atoms with Gasteiger partial charge in [-0.05, 0) is 83.4 Å². The van der Waals surface area contributed by atoms with E-state index in [1.807, 2.05) is 39.8 Å². The molecule has 2 aromatic rings. The maximum absolute atomic E-state index is 15.2. The maximum Gasteiger partial charge on any atom is 0.247 e. The van der Waals surface area contributed by atoms with Crippen LogP contribution in [-0.2, 0) is 4.79 Å². The van der Waals surface area contributed by atoms with Crippen LogP contribution in [0.4, 0.5) is 14.5 Å². The molecule has 5 heteroatoms. The van der Waals surface area contributed by atoms with Gasteiger partial charge < -0.3 is 10.6 Å². The minimum Gasteiger partial charge on any atom is -0.383 e. The summed E-state index contributed by atoms with van der Waals surface area (Å²) < 4.78 is 30.4. The SMILES string of the molecule is C/C(=C\c1c(C)c(F)c(-c2ccc(NC(C)C)cc2)c(C)c1F)C(=O)NC(C)C. The standard InChI is InChI=1S/C24H30F2N2O/c1-13(2)27-19-10-8-18(9-11-19)21-17(7)22(25)20(16(6)23(21)26)12-15(5)24(29)28-14(3)4/h8-14,27H,1-7H3,(H,28,29)/b15-12+. The Morgan fingerprint density at radius 1 is 0.931 bits per heavy atom. The molecule has 0 aliphatic carbocycles. The van der Waals surface area contributed by atoms with E-state index in [2.05, 4.69) is 10.6 Å². The molecule has 0 unspecified atom stereocenters. The molecule has 0 aliphatic heterocycles. The fraction of sp³-hybridized carbons (Fsp3) is 0.375. The third-order valence-electron chi connectivity index (χ3n) is 4.66. The number of hydrogen-bond acceptors (Lipinski definition) is 2. The lowest BCUT2D eigenvalue weighted by atomic mass is 9.92. The molecule has 0 aromatic heterocycles. The van der Waals surface area contributed by atoms with Gasteiger partial charge in [0.15, 0.2) is 0 Å². The molecule has 2 aromatic carbocycles. The number of halogens is 2. The molecule has 0 saturated heterocycles. The van der Waals surface area contributed by atoms with Crippen molar-refractivity contribution in [2.45, 2.75) is 60.5 Å². The second-order valence-corrected chi connectivity index (χ2v) is 8.00. The quantitative estimate of drug-likeness (QED) is 0.584. The molecule has 0 fully saturated rings. The highest BCUT2D eigenvalue weighted by molar-refractivity contribution is 5.97. The number of benzene rings is 2. The summed E-state index contributed by atoms with van der Waals surface area (Å²) in [6, 6.07) is 7.52. The highest BCUT2D eigenvalue weighted by Crippen LogP contribution is 2.34. The molecule has 0 spiro atoms. The third kappa shape index (κ3) is 5.22. The van der Waals surface area contributed by atoms with Gasteiger partial charge in [-0.2, -0.15) is 0 Å². The topological polar surface area (TPSA) is 41.1 Å². The van der Waals surface area contributed by atoms with Crippen molar-refractivity contribution in [3.8, 4) is 11.1 Å². The van der Waals surface area contributed by atoms with Crippen molar-refractivity contribution in [3.05, 3.63) is 58.2 Å². The zero-order chi connectivity index (χ0) is 21.9. The number of carbonyl (C=O) groups excluding carboxylic acids is 1. The second kappa shape index (κ2) is 9.21. The minimum atomic E-state index is -0.514. The largest absolute Gasteiger partial charge is 0.383 e. The van der Waals surface area contributed by atoms with Crippen molar-refractivity contribution in [2.75, 3.05) is 5.32 Å². The molecular formula is C24H30F2N2O. The number of amides is 1. The highest BCUT2D eigenvalue weighted by Gasteiger charge is 2.21. The predicted octanol–water partition coefficient (Wildman–Crippen LogP) is 6.00. The number of nitrogens with one attached hydrogen (secondary N) is 2. The Balaban J connectivity index is 2.50. The molecule has 0 radical (unpaired) electrons. The smallest absolute Gasteiger partial charge is 0.247 e. The van der Waals surface area contributed by atoms with Crippen LogP contribution in [0.1, 0.15) is 51.3 Å². The zero-order valence-electron chi connectivity index (χ0n) is 18.2. The van der Waals surface area contributed by atoms with E-state index in [1.54, 1.807) is 26.0 Å². The first-order valence-electron chi connectivity index (χ1n) is 9.87. The van der Waals surface area contributed by atoms with Crippen LogP contribution in [0.5, 0.6) is 0 Å². The summed E-state index contributed by atoms with van der Waals surface area (Å²) in [6.45, 7) is 12.5. The lowest BCUT2D eigenvalue weighted by Gasteiger charge is -2.16. The van der Waals surface area contributed by atoms with E-state index in [9.17, 15) is 4.79 Å². The average molecular weight is 401 g/mol. The van der Waals surface area contributed by atoms with Gasteiger partial charge in [0.25, 0.3) is 0 Å². The fourth-order valence-corrected chi connectivity index (χ4v) is 3.19. The van der Waals surface area contributed by atoms with E-state index in [4.69, 9.17) is 0 Å². The molecule has 2 rings (SSSR count). The predicted molar refractivity (Wildman–Crippen MR) is 117 cm³/mol. The van der Waals surface area contributed by atoms with Gasteiger partial charge in [0.2, 0.25) is 5.91 Å². The summed E-state index contributed by atoms with van der Waals surface area (Å²) in [4.78, 5) is 12.1. The van der Waals surface area contributed by atoms with E-state index >= 15 is 8.78 Å². The molecule has 1 amide bonds. The summed E-state index contributed by atoms with van der Waals surface area (Å²) in [5.74, 6) is -1.29. The van der Waals surface area contributed by atoms with Crippen LogP contribution in [0.2, 0.25) is 0 Å². The van der Waals surface area contributed by atoms with E-state index in [0.717, 1.165) is 5.69 Å². The van der Waals surface area contributed by atoms with Crippen molar-refractivity contribution >= 4 is 17.7 Å². The van der Waals surface area contributed by atoms with Crippen molar-refractivity contribution in [2.24, 2.45) is 0 Å². The molecule has 29 heavy (non-hydrogen) atoms. The Kier molecular flexibility index (Phi) is 7.17. The lowest BCUT2D eigenvalue weighted by Crippen LogP contribution is -2.30. The lowest BCUT2D eigenvalue weighted by molar-refractivity contribution is -0.117. The summed E-state index contributed by atoms with van der Waals surface area (Å²) in [6.07, 6.45) is 1.41. The van der Waals surface area contributed by atoms with E-state index in [1.165, 1.54) is 13.0 Å². The molecule has 3 nitrogen and oxygen atoms in total. The minimum absolute atomic E-state index is 0.0363. The van der Waals surface area contributed by atoms with Gasteiger partial charge in [-0.1, -0.05) is 12.1 Å². The maximum atomic E-state index is 15.2. The fourth-order valence-electron chi connectivity index (χ4n) is 3.19. The van der Waals surface area contributed by atoms with E-state index in [0.29, 0.717) is 11.1 Å². The van der Waals surface area contributed by atoms with Crippen LogP contribution in [0, 0.1) is 25.5 Å². The van der Waals surface area contributed by atoms with E-state index in [-0.39, 0.29) is 40.2 Å².